The van der Waals surface area contributed by atoms with Crippen molar-refractivity contribution in [2.24, 2.45) is 11.8 Å². The summed E-state index contributed by atoms with van der Waals surface area (Å²) >= 11 is 1.87. The van der Waals surface area contributed by atoms with E-state index in [1.165, 1.54) is 19.3 Å². The van der Waals surface area contributed by atoms with E-state index in [1.807, 2.05) is 11.8 Å². The van der Waals surface area contributed by atoms with Gasteiger partial charge < -0.3 is 10.4 Å². The largest absolute Gasteiger partial charge is 0.396 e. The summed E-state index contributed by atoms with van der Waals surface area (Å²) in [4.78, 5) is 0. The zero-order valence-electron chi connectivity index (χ0n) is 10.9. The molecule has 96 valence electrons. The highest BCUT2D eigenvalue weighted by atomic mass is 32.2. The number of hydrogen-bond donors (Lipinski definition) is 2. The molecular weight excluding hydrogens is 218 g/mol. The molecule has 1 aliphatic rings. The van der Waals surface area contributed by atoms with Gasteiger partial charge in [0, 0.05) is 24.4 Å². The summed E-state index contributed by atoms with van der Waals surface area (Å²) in [6.45, 7) is 5.04. The monoisotopic (exact) mass is 245 g/mol. The molecule has 0 spiro atoms. The highest BCUT2D eigenvalue weighted by Crippen LogP contribution is 2.30. The SMILES string of the molecule is CSCC(CCO)NC1CCCC(C)C1C. The van der Waals surface area contributed by atoms with Gasteiger partial charge >= 0.3 is 0 Å². The van der Waals surface area contributed by atoms with Crippen LogP contribution in [0.4, 0.5) is 0 Å². The second kappa shape index (κ2) is 7.57. The minimum absolute atomic E-state index is 0.300. The Morgan fingerprint density at radius 1 is 1.38 bits per heavy atom. The molecule has 0 aromatic rings. The topological polar surface area (TPSA) is 32.3 Å². The molecule has 16 heavy (non-hydrogen) atoms. The highest BCUT2D eigenvalue weighted by Gasteiger charge is 2.28. The number of aliphatic hydroxyl groups is 1. The van der Waals surface area contributed by atoms with Gasteiger partial charge in [0.2, 0.25) is 0 Å². The van der Waals surface area contributed by atoms with Gasteiger partial charge in [0.15, 0.2) is 0 Å². The van der Waals surface area contributed by atoms with Crippen LogP contribution in [-0.4, -0.2) is 35.8 Å². The Hall–Kier alpha value is 0.270. The predicted molar refractivity (Wildman–Crippen MR) is 73.0 cm³/mol. The van der Waals surface area contributed by atoms with Crippen LogP contribution in [0.2, 0.25) is 0 Å². The maximum absolute atomic E-state index is 9.06. The molecule has 0 amide bonds. The molecule has 1 aliphatic carbocycles. The Labute approximate surface area is 105 Å². The third-order valence-corrected chi connectivity index (χ3v) is 4.74. The molecule has 0 aromatic carbocycles. The summed E-state index contributed by atoms with van der Waals surface area (Å²) in [6, 6.07) is 1.14. The van der Waals surface area contributed by atoms with Crippen molar-refractivity contribution in [1.29, 1.82) is 0 Å². The predicted octanol–water partition coefficient (Wildman–Crippen LogP) is 2.51. The first-order chi connectivity index (χ1) is 7.69. The zero-order chi connectivity index (χ0) is 12.0. The normalized spacial score (nSPS) is 32.6. The van der Waals surface area contributed by atoms with Gasteiger partial charge in [-0.1, -0.05) is 26.7 Å². The summed E-state index contributed by atoms with van der Waals surface area (Å²) in [7, 11) is 0. The smallest absolute Gasteiger partial charge is 0.0446 e. The summed E-state index contributed by atoms with van der Waals surface area (Å²) < 4.78 is 0. The molecule has 2 N–H and O–H groups in total. The second-order valence-electron chi connectivity index (χ2n) is 5.21. The Kier molecular flexibility index (Phi) is 6.78. The van der Waals surface area contributed by atoms with Crippen molar-refractivity contribution in [3.05, 3.63) is 0 Å². The molecule has 1 rings (SSSR count). The van der Waals surface area contributed by atoms with E-state index < -0.39 is 0 Å². The Balaban J connectivity index is 2.42. The van der Waals surface area contributed by atoms with E-state index in [-0.39, 0.29) is 0 Å². The number of rotatable bonds is 6. The Morgan fingerprint density at radius 2 is 2.12 bits per heavy atom. The van der Waals surface area contributed by atoms with E-state index in [0.717, 1.165) is 24.0 Å². The van der Waals surface area contributed by atoms with Crippen LogP contribution in [0.1, 0.15) is 39.5 Å². The van der Waals surface area contributed by atoms with Crippen LogP contribution in [0.25, 0.3) is 0 Å². The zero-order valence-corrected chi connectivity index (χ0v) is 11.7. The number of aliphatic hydroxyl groups excluding tert-OH is 1. The molecule has 4 atom stereocenters. The van der Waals surface area contributed by atoms with Gasteiger partial charge in [-0.15, -0.1) is 0 Å². The van der Waals surface area contributed by atoms with E-state index in [2.05, 4.69) is 25.4 Å². The number of nitrogens with one attached hydrogen (secondary N) is 1. The highest BCUT2D eigenvalue weighted by molar-refractivity contribution is 7.98. The molecular formula is C13H27NOS. The fourth-order valence-corrected chi connectivity index (χ4v) is 3.36. The third-order valence-electron chi connectivity index (χ3n) is 4.00. The second-order valence-corrected chi connectivity index (χ2v) is 6.12. The van der Waals surface area contributed by atoms with Gasteiger partial charge in [-0.05, 0) is 30.9 Å². The van der Waals surface area contributed by atoms with E-state index in [0.29, 0.717) is 18.7 Å². The van der Waals surface area contributed by atoms with E-state index in [1.54, 1.807) is 0 Å². The van der Waals surface area contributed by atoms with Crippen molar-refractivity contribution < 1.29 is 5.11 Å². The molecule has 4 unspecified atom stereocenters. The fraction of sp³-hybridized carbons (Fsp3) is 1.00. The number of hydrogen-bond acceptors (Lipinski definition) is 3. The van der Waals surface area contributed by atoms with Crippen LogP contribution in [-0.2, 0) is 0 Å². The average Bonchev–Trinajstić information content (AvgIpc) is 2.25. The van der Waals surface area contributed by atoms with Crippen molar-refractivity contribution in [3.8, 4) is 0 Å². The summed E-state index contributed by atoms with van der Waals surface area (Å²) in [6.07, 6.45) is 7.07. The van der Waals surface area contributed by atoms with E-state index in [9.17, 15) is 0 Å². The van der Waals surface area contributed by atoms with Crippen LogP contribution in [0.3, 0.4) is 0 Å². The maximum Gasteiger partial charge on any atom is 0.0446 e. The number of thioether (sulfide) groups is 1. The minimum Gasteiger partial charge on any atom is -0.396 e. The molecule has 0 heterocycles. The van der Waals surface area contributed by atoms with Crippen LogP contribution in [0.5, 0.6) is 0 Å². The molecule has 0 saturated heterocycles. The summed E-state index contributed by atoms with van der Waals surface area (Å²) in [5, 5.41) is 12.8. The average molecular weight is 245 g/mol. The lowest BCUT2D eigenvalue weighted by Crippen LogP contribution is -2.47. The Morgan fingerprint density at radius 3 is 2.75 bits per heavy atom. The molecule has 0 aromatic heterocycles. The first-order valence-electron chi connectivity index (χ1n) is 6.54. The van der Waals surface area contributed by atoms with Gasteiger partial charge in [0.1, 0.15) is 0 Å². The van der Waals surface area contributed by atoms with Crippen molar-refractivity contribution in [3.63, 3.8) is 0 Å². The van der Waals surface area contributed by atoms with Crippen molar-refractivity contribution in [2.45, 2.75) is 51.6 Å². The van der Waals surface area contributed by atoms with Crippen LogP contribution >= 0.6 is 11.8 Å². The maximum atomic E-state index is 9.06. The van der Waals surface area contributed by atoms with Crippen LogP contribution in [0, 0.1) is 11.8 Å². The molecule has 0 radical (unpaired) electrons. The molecule has 2 nitrogen and oxygen atoms in total. The van der Waals surface area contributed by atoms with Crippen molar-refractivity contribution >= 4 is 11.8 Å². The van der Waals surface area contributed by atoms with Gasteiger partial charge in [-0.2, -0.15) is 11.8 Å². The van der Waals surface area contributed by atoms with Gasteiger partial charge in [-0.3, -0.25) is 0 Å². The van der Waals surface area contributed by atoms with Crippen molar-refractivity contribution in [2.75, 3.05) is 18.6 Å². The standard InChI is InChI=1S/C13H27NOS/c1-10-5-4-6-13(11(10)2)14-12(7-8-15)9-16-3/h10-15H,4-9H2,1-3H3. The van der Waals surface area contributed by atoms with Crippen molar-refractivity contribution in [1.82, 2.24) is 5.32 Å². The van der Waals surface area contributed by atoms with Gasteiger partial charge in [0.05, 0.1) is 0 Å². The van der Waals surface area contributed by atoms with Gasteiger partial charge in [0.25, 0.3) is 0 Å². The first kappa shape index (κ1) is 14.3. The van der Waals surface area contributed by atoms with Gasteiger partial charge in [-0.25, -0.2) is 0 Å². The lowest BCUT2D eigenvalue weighted by Gasteiger charge is -2.37. The molecule has 3 heteroatoms. The van der Waals surface area contributed by atoms with Crippen LogP contribution in [0.15, 0.2) is 0 Å². The summed E-state index contributed by atoms with van der Waals surface area (Å²) in [5.41, 5.74) is 0. The quantitative estimate of drug-likeness (QED) is 0.754. The molecule has 1 saturated carbocycles. The van der Waals surface area contributed by atoms with E-state index >= 15 is 0 Å². The molecule has 0 bridgehead atoms. The first-order valence-corrected chi connectivity index (χ1v) is 7.94. The minimum atomic E-state index is 0.300. The third kappa shape index (κ3) is 4.27. The van der Waals surface area contributed by atoms with E-state index in [4.69, 9.17) is 5.11 Å². The fourth-order valence-electron chi connectivity index (χ4n) is 2.69. The van der Waals surface area contributed by atoms with Crippen LogP contribution < -0.4 is 5.32 Å². The lowest BCUT2D eigenvalue weighted by molar-refractivity contribution is 0.185. The molecule has 0 aliphatic heterocycles. The summed E-state index contributed by atoms with van der Waals surface area (Å²) in [5.74, 6) is 2.73. The molecule has 1 fully saturated rings. The lowest BCUT2D eigenvalue weighted by atomic mass is 9.78. The Bertz CT molecular complexity index is 183.